The van der Waals surface area contributed by atoms with Gasteiger partial charge in [-0.15, -0.1) is 0 Å². The SMILES string of the molecule is CCOC(=O)Cc1ccc(N2C(=O)c3c(c(O)c4ccccc4c3O)C2=O)cc1. The number of nitrogens with zero attached hydrogens (tertiary/aromatic N) is 1. The van der Waals surface area contributed by atoms with Gasteiger partial charge in [-0.1, -0.05) is 36.4 Å². The molecule has 3 aromatic rings. The first-order valence-electron chi connectivity index (χ1n) is 9.04. The van der Waals surface area contributed by atoms with Crippen LogP contribution in [0.2, 0.25) is 0 Å². The summed E-state index contributed by atoms with van der Waals surface area (Å²) >= 11 is 0. The zero-order chi connectivity index (χ0) is 20.7. The van der Waals surface area contributed by atoms with Crippen molar-refractivity contribution >= 4 is 34.2 Å². The van der Waals surface area contributed by atoms with Crippen LogP contribution in [-0.4, -0.2) is 34.6 Å². The summed E-state index contributed by atoms with van der Waals surface area (Å²) in [6, 6.07) is 12.8. The Bertz CT molecular complexity index is 1110. The van der Waals surface area contributed by atoms with E-state index in [0.717, 1.165) is 4.90 Å². The maximum absolute atomic E-state index is 12.9. The molecule has 29 heavy (non-hydrogen) atoms. The number of imide groups is 1. The number of carbonyl (C=O) groups excluding carboxylic acids is 3. The average Bonchev–Trinajstić information content (AvgIpc) is 2.98. The van der Waals surface area contributed by atoms with Crippen LogP contribution < -0.4 is 4.90 Å². The minimum Gasteiger partial charge on any atom is -0.506 e. The predicted octanol–water partition coefficient (Wildman–Crippen LogP) is 3.16. The van der Waals surface area contributed by atoms with Gasteiger partial charge in [0, 0.05) is 10.8 Å². The summed E-state index contributed by atoms with van der Waals surface area (Å²) in [6.45, 7) is 2.00. The molecule has 0 atom stereocenters. The Labute approximate surface area is 165 Å². The second-order valence-electron chi connectivity index (χ2n) is 6.59. The second kappa shape index (κ2) is 6.94. The summed E-state index contributed by atoms with van der Waals surface area (Å²) in [5.74, 6) is -2.49. The monoisotopic (exact) mass is 391 g/mol. The van der Waals surface area contributed by atoms with E-state index < -0.39 is 11.8 Å². The van der Waals surface area contributed by atoms with E-state index in [4.69, 9.17) is 4.74 Å². The number of fused-ring (bicyclic) bond motifs is 2. The zero-order valence-corrected chi connectivity index (χ0v) is 15.5. The Morgan fingerprint density at radius 3 is 1.90 bits per heavy atom. The van der Waals surface area contributed by atoms with Gasteiger partial charge in [-0.05, 0) is 24.6 Å². The van der Waals surface area contributed by atoms with Gasteiger partial charge in [-0.25, -0.2) is 4.90 Å². The molecule has 0 unspecified atom stereocenters. The molecule has 0 saturated heterocycles. The van der Waals surface area contributed by atoms with Gasteiger partial charge in [0.15, 0.2) is 0 Å². The molecular weight excluding hydrogens is 374 g/mol. The van der Waals surface area contributed by atoms with E-state index in [-0.39, 0.29) is 58.1 Å². The molecule has 0 fully saturated rings. The molecule has 7 nitrogen and oxygen atoms in total. The highest BCUT2D eigenvalue weighted by molar-refractivity contribution is 6.37. The lowest BCUT2D eigenvalue weighted by molar-refractivity contribution is -0.142. The van der Waals surface area contributed by atoms with Crippen molar-refractivity contribution in [2.45, 2.75) is 13.3 Å². The molecule has 0 bridgehead atoms. The number of anilines is 1. The number of esters is 1. The molecule has 0 spiro atoms. The summed E-state index contributed by atoms with van der Waals surface area (Å²) < 4.78 is 4.90. The first-order valence-corrected chi connectivity index (χ1v) is 9.04. The third kappa shape index (κ3) is 2.87. The van der Waals surface area contributed by atoms with Crippen LogP contribution in [0.25, 0.3) is 10.8 Å². The molecular formula is C22H17NO6. The first kappa shape index (κ1) is 18.5. The number of hydrogen-bond acceptors (Lipinski definition) is 6. The van der Waals surface area contributed by atoms with E-state index in [0.29, 0.717) is 5.56 Å². The Morgan fingerprint density at radius 1 is 0.897 bits per heavy atom. The number of ether oxygens (including phenoxy) is 1. The van der Waals surface area contributed by atoms with Gasteiger partial charge in [-0.3, -0.25) is 14.4 Å². The van der Waals surface area contributed by atoms with Gasteiger partial charge in [-0.2, -0.15) is 0 Å². The fraction of sp³-hybridized carbons (Fsp3) is 0.136. The van der Waals surface area contributed by atoms with Gasteiger partial charge >= 0.3 is 5.97 Å². The van der Waals surface area contributed by atoms with Crippen LogP contribution in [0.1, 0.15) is 33.2 Å². The first-order chi connectivity index (χ1) is 13.9. The van der Waals surface area contributed by atoms with Crippen molar-refractivity contribution in [2.75, 3.05) is 11.5 Å². The lowest BCUT2D eigenvalue weighted by Crippen LogP contribution is -2.29. The highest BCUT2D eigenvalue weighted by atomic mass is 16.5. The molecule has 0 radical (unpaired) electrons. The Kier molecular flexibility index (Phi) is 4.43. The number of benzene rings is 3. The topological polar surface area (TPSA) is 104 Å². The van der Waals surface area contributed by atoms with Crippen molar-refractivity contribution in [2.24, 2.45) is 0 Å². The van der Waals surface area contributed by atoms with E-state index >= 15 is 0 Å². The van der Waals surface area contributed by atoms with Gasteiger partial charge < -0.3 is 14.9 Å². The van der Waals surface area contributed by atoms with Crippen LogP contribution in [-0.2, 0) is 16.0 Å². The number of phenols is 2. The van der Waals surface area contributed by atoms with Crippen molar-refractivity contribution in [3.8, 4) is 11.5 Å². The maximum Gasteiger partial charge on any atom is 0.310 e. The summed E-state index contributed by atoms with van der Waals surface area (Å²) in [5, 5.41) is 21.7. The largest absolute Gasteiger partial charge is 0.506 e. The lowest BCUT2D eigenvalue weighted by atomic mass is 9.99. The van der Waals surface area contributed by atoms with Crippen LogP contribution in [0, 0.1) is 0 Å². The van der Waals surface area contributed by atoms with Gasteiger partial charge in [0.25, 0.3) is 11.8 Å². The van der Waals surface area contributed by atoms with Crippen molar-refractivity contribution in [3.63, 3.8) is 0 Å². The Balaban J connectivity index is 1.73. The molecule has 0 aliphatic carbocycles. The van der Waals surface area contributed by atoms with Crippen LogP contribution >= 0.6 is 0 Å². The zero-order valence-electron chi connectivity index (χ0n) is 15.5. The molecule has 1 aliphatic rings. The van der Waals surface area contributed by atoms with E-state index in [1.807, 2.05) is 0 Å². The molecule has 3 aromatic carbocycles. The number of carbonyl (C=O) groups is 3. The van der Waals surface area contributed by atoms with E-state index in [9.17, 15) is 24.6 Å². The van der Waals surface area contributed by atoms with Crippen molar-refractivity contribution < 1.29 is 29.3 Å². The highest BCUT2D eigenvalue weighted by Gasteiger charge is 2.42. The molecule has 7 heteroatoms. The third-order valence-corrected chi connectivity index (χ3v) is 4.84. The third-order valence-electron chi connectivity index (χ3n) is 4.84. The Hall–Kier alpha value is -3.87. The van der Waals surface area contributed by atoms with Crippen molar-refractivity contribution in [3.05, 3.63) is 65.2 Å². The summed E-state index contributed by atoms with van der Waals surface area (Å²) in [7, 11) is 0. The number of aromatic hydroxyl groups is 2. The molecule has 4 rings (SSSR count). The number of amides is 2. The highest BCUT2D eigenvalue weighted by Crippen LogP contribution is 2.44. The second-order valence-corrected chi connectivity index (χ2v) is 6.59. The molecule has 2 N–H and O–H groups in total. The molecule has 146 valence electrons. The van der Waals surface area contributed by atoms with Crippen LogP contribution in [0.15, 0.2) is 48.5 Å². The normalized spacial score (nSPS) is 13.1. The molecule has 1 aliphatic heterocycles. The van der Waals surface area contributed by atoms with Crippen LogP contribution in [0.5, 0.6) is 11.5 Å². The van der Waals surface area contributed by atoms with E-state index in [1.54, 1.807) is 43.3 Å². The minimum atomic E-state index is -0.721. The molecule has 2 amide bonds. The van der Waals surface area contributed by atoms with E-state index in [2.05, 4.69) is 0 Å². The maximum atomic E-state index is 12.9. The van der Waals surface area contributed by atoms with Gasteiger partial charge in [0.05, 0.1) is 29.8 Å². The average molecular weight is 391 g/mol. The predicted molar refractivity (Wildman–Crippen MR) is 105 cm³/mol. The van der Waals surface area contributed by atoms with Crippen LogP contribution in [0.3, 0.4) is 0 Å². The minimum absolute atomic E-state index is 0.0726. The van der Waals surface area contributed by atoms with E-state index in [1.165, 1.54) is 12.1 Å². The fourth-order valence-corrected chi connectivity index (χ4v) is 3.51. The quantitative estimate of drug-likeness (QED) is 0.402. The number of hydrogen-bond donors (Lipinski definition) is 2. The lowest BCUT2D eigenvalue weighted by Gasteiger charge is -2.14. The Morgan fingerprint density at radius 2 is 1.41 bits per heavy atom. The van der Waals surface area contributed by atoms with Crippen molar-refractivity contribution in [1.29, 1.82) is 0 Å². The number of phenolic OH excluding ortho intramolecular Hbond substituents is 2. The van der Waals surface area contributed by atoms with Gasteiger partial charge in [0.1, 0.15) is 11.5 Å². The number of rotatable bonds is 4. The standard InChI is InChI=1S/C22H17NO6/c1-2-29-16(24)11-12-7-9-13(10-8-12)23-21(27)17-18(22(23)28)20(26)15-6-4-3-5-14(15)19(17)25/h3-10,25-26H,2,11H2,1H3. The summed E-state index contributed by atoms with van der Waals surface area (Å²) in [6.07, 6.45) is 0.0726. The van der Waals surface area contributed by atoms with Crippen LogP contribution in [0.4, 0.5) is 5.69 Å². The van der Waals surface area contributed by atoms with Gasteiger partial charge in [0.2, 0.25) is 0 Å². The molecule has 0 aromatic heterocycles. The summed E-state index contributed by atoms with van der Waals surface area (Å²) in [4.78, 5) is 38.4. The summed E-state index contributed by atoms with van der Waals surface area (Å²) in [5.41, 5.74) is 0.496. The molecule has 1 heterocycles. The fourth-order valence-electron chi connectivity index (χ4n) is 3.51. The molecule has 0 saturated carbocycles. The van der Waals surface area contributed by atoms with Crippen molar-refractivity contribution in [1.82, 2.24) is 0 Å². The smallest absolute Gasteiger partial charge is 0.310 e.